The van der Waals surface area contributed by atoms with E-state index in [4.69, 9.17) is 14.0 Å². The van der Waals surface area contributed by atoms with Crippen LogP contribution in [-0.2, 0) is 26.6 Å². The van der Waals surface area contributed by atoms with Crippen molar-refractivity contribution in [2.75, 3.05) is 12.4 Å². The summed E-state index contributed by atoms with van der Waals surface area (Å²) in [4.78, 5) is 12.4. The number of ether oxygens (including phenoxy) is 2. The Balaban J connectivity index is 1.74. The molecule has 10 heteroatoms. The lowest BCUT2D eigenvalue weighted by Crippen LogP contribution is -2.31. The highest BCUT2D eigenvalue weighted by Gasteiger charge is 2.42. The van der Waals surface area contributed by atoms with Crippen molar-refractivity contribution in [3.8, 4) is 5.75 Å². The van der Waals surface area contributed by atoms with Crippen molar-refractivity contribution in [1.82, 2.24) is 0 Å². The van der Waals surface area contributed by atoms with E-state index < -0.39 is 51.5 Å². The molecule has 0 aromatic heterocycles. The molecule has 1 aliphatic rings. The fraction of sp³-hybridized carbons (Fsp3) is 0.320. The zero-order valence-electron chi connectivity index (χ0n) is 18.5. The molecule has 0 aliphatic heterocycles. The van der Waals surface area contributed by atoms with Crippen molar-refractivity contribution in [1.29, 1.82) is 0 Å². The van der Waals surface area contributed by atoms with Gasteiger partial charge in [-0.05, 0) is 54.7 Å². The minimum Gasteiger partial charge on any atom is -0.482 e. The van der Waals surface area contributed by atoms with Crippen molar-refractivity contribution in [2.45, 2.75) is 37.5 Å². The van der Waals surface area contributed by atoms with Crippen LogP contribution >= 0.6 is 0 Å². The summed E-state index contributed by atoms with van der Waals surface area (Å²) in [6, 6.07) is 15.9. The monoisotopic (exact) mass is 508 g/mol. The molecule has 1 fully saturated rings. The normalized spacial score (nSPS) is 15.8. The molecular weight excluding hydrogens is 485 g/mol. The average molecular weight is 509 g/mol. The minimum atomic E-state index is -4.73. The molecule has 3 aromatic carbocycles. The Kier molecular flexibility index (Phi) is 6.79. The van der Waals surface area contributed by atoms with Gasteiger partial charge in [0.2, 0.25) is 0 Å². The van der Waals surface area contributed by atoms with Gasteiger partial charge in [0.05, 0.1) is 11.1 Å². The largest absolute Gasteiger partial charge is 0.482 e. The van der Waals surface area contributed by atoms with E-state index in [1.165, 1.54) is 0 Å². The molecule has 0 bridgehead atoms. The molecule has 0 radical (unpaired) electrons. The molecule has 6 nitrogen and oxygen atoms in total. The third kappa shape index (κ3) is 5.59. The van der Waals surface area contributed by atoms with Gasteiger partial charge in [0.15, 0.2) is 0 Å². The third-order valence-electron chi connectivity index (χ3n) is 6.09. The van der Waals surface area contributed by atoms with Crippen molar-refractivity contribution in [3.63, 3.8) is 0 Å². The molecule has 1 N–H and O–H groups in total. The molecule has 1 aliphatic carbocycles. The van der Waals surface area contributed by atoms with Crippen LogP contribution in [-0.4, -0.2) is 31.3 Å². The Hall–Kier alpha value is -3.11. The molecule has 0 spiro atoms. The van der Waals surface area contributed by atoms with E-state index in [2.05, 4.69) is 0 Å². The molecule has 0 atom stereocenters. The number of carbonyl (C=O) groups excluding carboxylic acids is 1. The van der Waals surface area contributed by atoms with Gasteiger partial charge in [-0.3, -0.25) is 4.55 Å². The summed E-state index contributed by atoms with van der Waals surface area (Å²) in [5, 5.41) is 1.82. The van der Waals surface area contributed by atoms with Crippen molar-refractivity contribution >= 4 is 26.9 Å². The number of benzene rings is 3. The Morgan fingerprint density at radius 1 is 1.00 bits per heavy atom. The fourth-order valence-corrected chi connectivity index (χ4v) is 4.79. The van der Waals surface area contributed by atoms with Gasteiger partial charge in [-0.15, -0.1) is 0 Å². The van der Waals surface area contributed by atoms with E-state index in [0.29, 0.717) is 12.8 Å². The summed E-state index contributed by atoms with van der Waals surface area (Å²) >= 11 is 0. The molecule has 4 rings (SSSR count). The van der Waals surface area contributed by atoms with Gasteiger partial charge in [0.1, 0.15) is 23.7 Å². The number of hydrogen-bond donors (Lipinski definition) is 1. The standard InChI is InChI=1S/C25H23F3O6S/c26-25(27,28)21-11-10-18(23(29)33-14-15-35(30,31)32)16-22(21)34-24(12-3-4-13-24)20-9-5-7-17-6-1-2-8-19(17)20/h1-2,5-11,16H,3-4,12-15H2,(H,30,31,32). The Bertz CT molecular complexity index is 1340. The van der Waals surface area contributed by atoms with E-state index in [9.17, 15) is 26.4 Å². The summed E-state index contributed by atoms with van der Waals surface area (Å²) in [7, 11) is -4.36. The molecule has 3 aromatic rings. The van der Waals surface area contributed by atoms with Crippen LogP contribution in [0.4, 0.5) is 13.2 Å². The van der Waals surface area contributed by atoms with E-state index in [1.54, 1.807) is 0 Å². The fourth-order valence-electron chi connectivity index (χ4n) is 4.50. The molecule has 0 amide bonds. The van der Waals surface area contributed by atoms with E-state index in [0.717, 1.165) is 47.4 Å². The van der Waals surface area contributed by atoms with E-state index in [-0.39, 0.29) is 5.56 Å². The lowest BCUT2D eigenvalue weighted by molar-refractivity contribution is -0.140. The first kappa shape index (κ1) is 25.0. The number of hydrogen-bond acceptors (Lipinski definition) is 5. The topological polar surface area (TPSA) is 89.9 Å². The van der Waals surface area contributed by atoms with Crippen molar-refractivity contribution in [2.24, 2.45) is 0 Å². The number of esters is 1. The highest BCUT2D eigenvalue weighted by molar-refractivity contribution is 7.85. The predicted molar refractivity (Wildman–Crippen MR) is 123 cm³/mol. The van der Waals surface area contributed by atoms with Crippen LogP contribution in [0, 0.1) is 0 Å². The molecular formula is C25H23F3O6S. The lowest BCUT2D eigenvalue weighted by Gasteiger charge is -2.33. The second-order valence-electron chi connectivity index (χ2n) is 8.46. The minimum absolute atomic E-state index is 0.227. The molecule has 186 valence electrons. The van der Waals surface area contributed by atoms with Gasteiger partial charge in [0, 0.05) is 5.56 Å². The Morgan fingerprint density at radius 3 is 2.37 bits per heavy atom. The number of fused-ring (bicyclic) bond motifs is 1. The van der Waals surface area contributed by atoms with Gasteiger partial charge >= 0.3 is 12.1 Å². The van der Waals surface area contributed by atoms with Crippen LogP contribution < -0.4 is 4.74 Å². The van der Waals surface area contributed by atoms with Gasteiger partial charge in [0.25, 0.3) is 10.1 Å². The lowest BCUT2D eigenvalue weighted by atomic mass is 9.87. The second kappa shape index (κ2) is 9.50. The average Bonchev–Trinajstić information content (AvgIpc) is 3.26. The Labute approximate surface area is 200 Å². The molecule has 0 heterocycles. The zero-order chi connectivity index (χ0) is 25.3. The predicted octanol–water partition coefficient (Wildman–Crippen LogP) is 5.75. The number of carbonyl (C=O) groups is 1. The SMILES string of the molecule is O=C(OCCS(=O)(=O)O)c1ccc(C(F)(F)F)c(OC2(c3cccc4ccccc34)CCCC2)c1. The maximum atomic E-state index is 13.9. The highest BCUT2D eigenvalue weighted by Crippen LogP contribution is 2.47. The molecule has 0 saturated heterocycles. The first-order chi connectivity index (χ1) is 16.5. The van der Waals surface area contributed by atoms with Crippen LogP contribution in [0.25, 0.3) is 10.8 Å². The van der Waals surface area contributed by atoms with Crippen LogP contribution in [0.1, 0.15) is 47.2 Å². The van der Waals surface area contributed by atoms with E-state index in [1.807, 2.05) is 42.5 Å². The number of alkyl halides is 3. The van der Waals surface area contributed by atoms with Gasteiger partial charge < -0.3 is 9.47 Å². The van der Waals surface area contributed by atoms with Crippen LogP contribution in [0.3, 0.4) is 0 Å². The number of rotatable bonds is 7. The summed E-state index contributed by atoms with van der Waals surface area (Å²) in [5.74, 6) is -2.36. The summed E-state index contributed by atoms with van der Waals surface area (Å²) in [6.07, 6.45) is -2.20. The van der Waals surface area contributed by atoms with Gasteiger partial charge in [-0.25, -0.2) is 4.79 Å². The second-order valence-corrected chi connectivity index (χ2v) is 10.0. The zero-order valence-corrected chi connectivity index (χ0v) is 19.4. The van der Waals surface area contributed by atoms with E-state index >= 15 is 0 Å². The molecule has 1 saturated carbocycles. The number of halogens is 3. The van der Waals surface area contributed by atoms with Gasteiger partial charge in [-0.1, -0.05) is 42.5 Å². The smallest absolute Gasteiger partial charge is 0.419 e. The summed E-state index contributed by atoms with van der Waals surface area (Å²) in [6.45, 7) is -0.644. The third-order valence-corrected chi connectivity index (χ3v) is 6.78. The quantitative estimate of drug-likeness (QED) is 0.323. The molecule has 0 unspecified atom stereocenters. The van der Waals surface area contributed by atoms with Crippen LogP contribution in [0.5, 0.6) is 5.75 Å². The maximum Gasteiger partial charge on any atom is 0.419 e. The van der Waals surface area contributed by atoms with Gasteiger partial charge in [-0.2, -0.15) is 21.6 Å². The highest BCUT2D eigenvalue weighted by atomic mass is 32.2. The van der Waals surface area contributed by atoms with Crippen LogP contribution in [0.2, 0.25) is 0 Å². The molecule has 35 heavy (non-hydrogen) atoms. The summed E-state index contributed by atoms with van der Waals surface area (Å²) < 4.78 is 83.1. The summed E-state index contributed by atoms with van der Waals surface area (Å²) in [5.41, 5.74) is -1.50. The van der Waals surface area contributed by atoms with Crippen molar-refractivity contribution < 1.29 is 40.4 Å². The van der Waals surface area contributed by atoms with Crippen molar-refractivity contribution in [3.05, 3.63) is 77.4 Å². The van der Waals surface area contributed by atoms with Crippen LogP contribution in [0.15, 0.2) is 60.7 Å². The first-order valence-corrected chi connectivity index (χ1v) is 12.6. The maximum absolute atomic E-state index is 13.9. The Morgan fingerprint density at radius 2 is 1.69 bits per heavy atom. The first-order valence-electron chi connectivity index (χ1n) is 11.0.